The Morgan fingerprint density at radius 3 is 2.65 bits per heavy atom. The third kappa shape index (κ3) is 6.60. The molecule has 1 saturated heterocycles. The summed E-state index contributed by atoms with van der Waals surface area (Å²) >= 11 is 7.88. The van der Waals surface area contributed by atoms with Gasteiger partial charge in [0.2, 0.25) is 0 Å². The van der Waals surface area contributed by atoms with E-state index in [0.717, 1.165) is 55.9 Å². The van der Waals surface area contributed by atoms with Gasteiger partial charge in [0.15, 0.2) is 0 Å². The quantitative estimate of drug-likeness (QED) is 0.317. The number of hydrogen-bond acceptors (Lipinski definition) is 7. The van der Waals surface area contributed by atoms with Crippen molar-refractivity contribution < 1.29 is 13.5 Å². The molecule has 0 radical (unpaired) electrons. The summed E-state index contributed by atoms with van der Waals surface area (Å²) in [6.07, 6.45) is 7.79. The summed E-state index contributed by atoms with van der Waals surface area (Å²) in [4.78, 5) is 30.5. The second-order valence-electron chi connectivity index (χ2n) is 9.61. The zero-order valence-corrected chi connectivity index (χ0v) is 23.4. The molecule has 12 heteroatoms. The Hall–Kier alpha value is -3.12. The first-order valence-corrected chi connectivity index (χ1v) is 14.4. The van der Waals surface area contributed by atoms with E-state index in [1.807, 2.05) is 24.3 Å². The lowest BCUT2D eigenvalue weighted by molar-refractivity contribution is -0.130. The third-order valence-electron chi connectivity index (χ3n) is 6.85. The topological polar surface area (TPSA) is 90.2 Å². The molecule has 0 atom stereocenters. The molecule has 2 N–H and O–H groups in total. The molecule has 8 nitrogen and oxygen atoms in total. The largest absolute Gasteiger partial charge is 0.384 e. The molecule has 5 heterocycles. The number of thiophene rings is 1. The highest BCUT2D eigenvalue weighted by atomic mass is 35.5. The smallest absolute Gasteiger partial charge is 0.345 e. The number of nitrogens with zero attached hydrogens (tertiary/aromatic N) is 3. The van der Waals surface area contributed by atoms with Gasteiger partial charge in [0.05, 0.1) is 29.9 Å². The Labute approximate surface area is 238 Å². The first kappa shape index (κ1) is 28.4. The summed E-state index contributed by atoms with van der Waals surface area (Å²) in [5, 5.41) is 7.38. The maximum absolute atomic E-state index is 12.8. The standard InChI is InChI=1S/C24H21ClF2N4O3S.C4H9N/c25-15-10-14-2-1-5-29-21(14)18(11-15)17-3-6-28-19-12-16(35-22(17)19)13-31-20(32)4-7-30(24(31)33)8-9-34-23(26)27;1-2-4-5-3-1/h3-4,6-7,10-12,23,29H,1-2,5,8-9,13H2;5H,1-4H2. The zero-order chi connectivity index (χ0) is 28.1. The summed E-state index contributed by atoms with van der Waals surface area (Å²) in [5.74, 6) is 0. The van der Waals surface area contributed by atoms with Crippen molar-refractivity contribution >= 4 is 38.8 Å². The molecule has 0 unspecified atom stereocenters. The van der Waals surface area contributed by atoms with E-state index < -0.39 is 17.9 Å². The van der Waals surface area contributed by atoms with Crippen molar-refractivity contribution in [1.82, 2.24) is 19.4 Å². The van der Waals surface area contributed by atoms with Crippen LogP contribution in [0, 0.1) is 0 Å². The highest BCUT2D eigenvalue weighted by Crippen LogP contribution is 2.41. The lowest BCUT2D eigenvalue weighted by atomic mass is 9.95. The van der Waals surface area contributed by atoms with E-state index in [4.69, 9.17) is 11.6 Å². The number of fused-ring (bicyclic) bond motifs is 2. The number of rotatable bonds is 7. The Morgan fingerprint density at radius 1 is 1.07 bits per heavy atom. The maximum atomic E-state index is 12.8. The average molecular weight is 590 g/mol. The van der Waals surface area contributed by atoms with Crippen molar-refractivity contribution in [2.24, 2.45) is 0 Å². The number of benzene rings is 1. The molecule has 212 valence electrons. The zero-order valence-electron chi connectivity index (χ0n) is 21.8. The summed E-state index contributed by atoms with van der Waals surface area (Å²) in [6, 6.07) is 8.97. The average Bonchev–Trinajstić information content (AvgIpc) is 3.65. The molecule has 4 aromatic rings. The number of aryl methyl sites for hydroxylation is 1. The minimum atomic E-state index is -2.92. The van der Waals surface area contributed by atoms with Crippen molar-refractivity contribution in [1.29, 1.82) is 0 Å². The van der Waals surface area contributed by atoms with E-state index >= 15 is 0 Å². The monoisotopic (exact) mass is 589 g/mol. The fraction of sp³-hybridized carbons (Fsp3) is 0.393. The Bertz CT molecular complexity index is 1590. The molecule has 0 spiro atoms. The molecule has 3 aromatic heterocycles. The first-order valence-electron chi connectivity index (χ1n) is 13.3. The summed E-state index contributed by atoms with van der Waals surface area (Å²) in [7, 11) is 0. The fourth-order valence-corrected chi connectivity index (χ4v) is 6.32. The van der Waals surface area contributed by atoms with Crippen LogP contribution in [0.4, 0.5) is 14.5 Å². The van der Waals surface area contributed by atoms with E-state index in [1.165, 1.54) is 59.7 Å². The molecule has 40 heavy (non-hydrogen) atoms. The molecule has 0 amide bonds. The molecular weight excluding hydrogens is 560 g/mol. The predicted octanol–water partition coefficient (Wildman–Crippen LogP) is 4.96. The van der Waals surface area contributed by atoms with E-state index in [9.17, 15) is 18.4 Å². The lowest BCUT2D eigenvalue weighted by Crippen LogP contribution is -2.39. The number of aromatic nitrogens is 3. The molecule has 0 bridgehead atoms. The van der Waals surface area contributed by atoms with Crippen LogP contribution in [0.2, 0.25) is 5.02 Å². The van der Waals surface area contributed by atoms with Gasteiger partial charge in [-0.3, -0.25) is 18.9 Å². The Morgan fingerprint density at radius 2 is 1.90 bits per heavy atom. The number of anilines is 1. The SMILES string of the molecule is C1CCNC1.O=c1ccn(CCOC(F)F)c(=O)n1Cc1cc2nccc(-c3cc(Cl)cc4c3NCCC4)c2s1. The van der Waals surface area contributed by atoms with Gasteiger partial charge in [-0.2, -0.15) is 8.78 Å². The van der Waals surface area contributed by atoms with Gasteiger partial charge < -0.3 is 15.4 Å². The van der Waals surface area contributed by atoms with Gasteiger partial charge in [-0.1, -0.05) is 11.6 Å². The van der Waals surface area contributed by atoms with Crippen LogP contribution in [-0.4, -0.2) is 47.0 Å². The summed E-state index contributed by atoms with van der Waals surface area (Å²) in [6.45, 7) is 0.0768. The van der Waals surface area contributed by atoms with Crippen LogP contribution in [0.5, 0.6) is 0 Å². The number of nitrogens with one attached hydrogen (secondary N) is 2. The van der Waals surface area contributed by atoms with Crippen LogP contribution in [0.3, 0.4) is 0 Å². The highest BCUT2D eigenvalue weighted by Gasteiger charge is 2.19. The second-order valence-corrected chi connectivity index (χ2v) is 11.2. The van der Waals surface area contributed by atoms with Gasteiger partial charge in [-0.05, 0) is 68.6 Å². The van der Waals surface area contributed by atoms with Gasteiger partial charge in [0.1, 0.15) is 0 Å². The third-order valence-corrected chi connectivity index (χ3v) is 8.21. The summed E-state index contributed by atoms with van der Waals surface area (Å²) < 4.78 is 31.9. The molecule has 2 aliphatic heterocycles. The van der Waals surface area contributed by atoms with Crippen molar-refractivity contribution in [3.05, 3.63) is 79.0 Å². The molecule has 0 saturated carbocycles. The number of pyridine rings is 1. The fourth-order valence-electron chi connectivity index (χ4n) is 4.94. The van der Waals surface area contributed by atoms with Crippen LogP contribution in [-0.2, 0) is 24.2 Å². The number of hydrogen-bond donors (Lipinski definition) is 2. The van der Waals surface area contributed by atoms with E-state index in [0.29, 0.717) is 5.02 Å². The number of ether oxygens (including phenoxy) is 1. The minimum Gasteiger partial charge on any atom is -0.384 e. The molecule has 6 rings (SSSR count). The lowest BCUT2D eigenvalue weighted by Gasteiger charge is -2.22. The highest BCUT2D eigenvalue weighted by molar-refractivity contribution is 7.19. The molecular formula is C28H30ClF2N5O3S. The van der Waals surface area contributed by atoms with Crippen molar-refractivity contribution in [3.8, 4) is 11.1 Å². The van der Waals surface area contributed by atoms with E-state index in [2.05, 4.69) is 20.4 Å². The Kier molecular flexibility index (Phi) is 9.25. The van der Waals surface area contributed by atoms with Crippen LogP contribution >= 0.6 is 22.9 Å². The van der Waals surface area contributed by atoms with Crippen LogP contribution in [0.15, 0.2) is 52.3 Å². The van der Waals surface area contributed by atoms with Crippen LogP contribution < -0.4 is 21.9 Å². The normalized spacial score (nSPS) is 14.6. The van der Waals surface area contributed by atoms with Crippen molar-refractivity contribution in [2.45, 2.75) is 45.4 Å². The van der Waals surface area contributed by atoms with Gasteiger partial charge in [0, 0.05) is 51.7 Å². The number of halogens is 3. The van der Waals surface area contributed by atoms with Gasteiger partial charge in [-0.15, -0.1) is 11.3 Å². The summed E-state index contributed by atoms with van der Waals surface area (Å²) in [5.41, 5.74) is 3.90. The van der Waals surface area contributed by atoms with Gasteiger partial charge in [0.25, 0.3) is 5.56 Å². The van der Waals surface area contributed by atoms with Crippen molar-refractivity contribution in [2.75, 3.05) is 31.6 Å². The van der Waals surface area contributed by atoms with Gasteiger partial charge >= 0.3 is 12.3 Å². The minimum absolute atomic E-state index is 0.0422. The van der Waals surface area contributed by atoms with E-state index in [1.54, 1.807) is 6.20 Å². The molecule has 2 aliphatic rings. The predicted molar refractivity (Wildman–Crippen MR) is 155 cm³/mol. The molecule has 1 aromatic carbocycles. The molecule has 0 aliphatic carbocycles. The van der Waals surface area contributed by atoms with Crippen molar-refractivity contribution in [3.63, 3.8) is 0 Å². The van der Waals surface area contributed by atoms with Crippen LogP contribution in [0.25, 0.3) is 21.3 Å². The second kappa shape index (κ2) is 13.0. The number of alkyl halides is 2. The maximum Gasteiger partial charge on any atom is 0.345 e. The Balaban J connectivity index is 0.000000582. The van der Waals surface area contributed by atoms with Gasteiger partial charge in [-0.25, -0.2) is 4.79 Å². The van der Waals surface area contributed by atoms with E-state index in [-0.39, 0.29) is 19.7 Å². The molecule has 1 fully saturated rings. The first-order chi connectivity index (χ1) is 19.4. The van der Waals surface area contributed by atoms with Crippen LogP contribution in [0.1, 0.15) is 29.7 Å².